The number of carboxylic acids is 1. The van der Waals surface area contributed by atoms with Gasteiger partial charge in [-0.3, -0.25) is 9.59 Å². The third-order valence-corrected chi connectivity index (χ3v) is 2.63. The molecule has 0 fully saturated rings. The van der Waals surface area contributed by atoms with Crippen LogP contribution in [-0.2, 0) is 9.59 Å². The molecule has 0 aliphatic carbocycles. The molecule has 0 spiro atoms. The number of carboxylic acid groups (broad SMARTS) is 1. The lowest BCUT2D eigenvalue weighted by Crippen LogP contribution is -2.29. The molecule has 17 heavy (non-hydrogen) atoms. The van der Waals surface area contributed by atoms with Crippen LogP contribution >= 0.6 is 11.6 Å². The van der Waals surface area contributed by atoms with Gasteiger partial charge in [0.15, 0.2) is 5.78 Å². The third kappa shape index (κ3) is 3.14. The lowest BCUT2D eigenvalue weighted by Gasteiger charge is -2.09. The minimum atomic E-state index is -1.58. The molecule has 0 saturated heterocycles. The van der Waals surface area contributed by atoms with Crippen LogP contribution in [0.2, 0.25) is 5.02 Å². The Bertz CT molecular complexity index is 450. The van der Waals surface area contributed by atoms with E-state index in [9.17, 15) is 14.4 Å². The first-order chi connectivity index (χ1) is 7.97. The molecule has 1 aromatic rings. The van der Waals surface area contributed by atoms with Gasteiger partial charge < -0.3 is 5.11 Å². The summed E-state index contributed by atoms with van der Waals surface area (Å²) in [5, 5.41) is 9.07. The van der Waals surface area contributed by atoms with Crippen molar-refractivity contribution in [3.8, 4) is 0 Å². The second-order valence-corrected chi connectivity index (χ2v) is 3.94. The van der Waals surface area contributed by atoms with Gasteiger partial charge in [0, 0.05) is 10.6 Å². The number of Topliss-reactive ketones (excluding diaryl/α,β-unsaturated/α-hetero) is 2. The summed E-state index contributed by atoms with van der Waals surface area (Å²) in [6, 6.07) is 5.99. The molecule has 1 rings (SSSR count). The molecule has 5 heteroatoms. The highest BCUT2D eigenvalue weighted by molar-refractivity contribution is 6.38. The van der Waals surface area contributed by atoms with Gasteiger partial charge in [0.25, 0.3) is 5.78 Å². The Morgan fingerprint density at radius 3 is 2.18 bits per heavy atom. The van der Waals surface area contributed by atoms with Gasteiger partial charge in [0.2, 0.25) is 0 Å². The van der Waals surface area contributed by atoms with Crippen molar-refractivity contribution in [3.05, 3.63) is 34.9 Å². The molecule has 1 unspecified atom stereocenters. The van der Waals surface area contributed by atoms with E-state index in [0.29, 0.717) is 5.02 Å². The Hall–Kier alpha value is -1.68. The quantitative estimate of drug-likeness (QED) is 0.497. The minimum absolute atomic E-state index is 0.159. The first-order valence-corrected chi connectivity index (χ1v) is 5.42. The van der Waals surface area contributed by atoms with E-state index in [-0.39, 0.29) is 12.0 Å². The fourth-order valence-corrected chi connectivity index (χ4v) is 1.58. The van der Waals surface area contributed by atoms with E-state index in [1.54, 1.807) is 6.92 Å². The maximum Gasteiger partial charge on any atom is 0.372 e. The zero-order valence-electron chi connectivity index (χ0n) is 9.14. The number of rotatable bonds is 5. The zero-order chi connectivity index (χ0) is 13.0. The van der Waals surface area contributed by atoms with Crippen molar-refractivity contribution >= 4 is 29.1 Å². The van der Waals surface area contributed by atoms with Gasteiger partial charge in [-0.2, -0.15) is 0 Å². The Balaban J connectivity index is 2.98. The molecule has 0 amide bonds. The van der Waals surface area contributed by atoms with Crippen LogP contribution < -0.4 is 0 Å². The third-order valence-electron chi connectivity index (χ3n) is 2.38. The van der Waals surface area contributed by atoms with Crippen LogP contribution in [0.4, 0.5) is 0 Å². The van der Waals surface area contributed by atoms with Crippen LogP contribution in [0, 0.1) is 5.92 Å². The second kappa shape index (κ2) is 5.59. The van der Waals surface area contributed by atoms with E-state index in [4.69, 9.17) is 16.7 Å². The molecular formula is C12H11ClO4. The van der Waals surface area contributed by atoms with Crippen molar-refractivity contribution in [3.63, 3.8) is 0 Å². The predicted molar refractivity (Wildman–Crippen MR) is 62.2 cm³/mol. The molecule has 0 saturated carbocycles. The average molecular weight is 255 g/mol. The molecule has 0 aliphatic rings. The maximum absolute atomic E-state index is 11.9. The summed E-state index contributed by atoms with van der Waals surface area (Å²) in [6.45, 7) is 1.60. The summed E-state index contributed by atoms with van der Waals surface area (Å²) in [5.41, 5.74) is 0.288. The second-order valence-electron chi connectivity index (χ2n) is 3.50. The van der Waals surface area contributed by atoms with E-state index < -0.39 is 23.5 Å². The van der Waals surface area contributed by atoms with Gasteiger partial charge in [-0.25, -0.2) is 4.79 Å². The van der Waals surface area contributed by atoms with Crippen molar-refractivity contribution in [2.75, 3.05) is 0 Å². The lowest BCUT2D eigenvalue weighted by atomic mass is 9.91. The molecule has 1 atom stereocenters. The molecule has 0 aliphatic heterocycles. The number of aliphatic carboxylic acids is 1. The summed E-state index contributed by atoms with van der Waals surface area (Å²) in [6.07, 6.45) is 0.159. The number of carbonyl (C=O) groups excluding carboxylic acids is 2. The summed E-state index contributed by atoms with van der Waals surface area (Å²) >= 11 is 5.67. The molecule has 1 aromatic carbocycles. The van der Waals surface area contributed by atoms with Gasteiger partial charge in [0.1, 0.15) is 0 Å². The number of carbonyl (C=O) groups is 3. The highest BCUT2D eigenvalue weighted by Crippen LogP contribution is 2.16. The van der Waals surface area contributed by atoms with E-state index in [1.807, 2.05) is 0 Å². The van der Waals surface area contributed by atoms with Crippen LogP contribution in [0.1, 0.15) is 23.7 Å². The molecule has 4 nitrogen and oxygen atoms in total. The first kappa shape index (κ1) is 13.4. The first-order valence-electron chi connectivity index (χ1n) is 5.04. The van der Waals surface area contributed by atoms with E-state index >= 15 is 0 Å². The Kier molecular flexibility index (Phi) is 4.40. The SMILES string of the molecule is CCC(C(=O)C(=O)O)C(=O)c1ccc(Cl)cc1. The molecule has 0 heterocycles. The Morgan fingerprint density at radius 2 is 1.76 bits per heavy atom. The lowest BCUT2D eigenvalue weighted by molar-refractivity contribution is -0.150. The topological polar surface area (TPSA) is 71.4 Å². The number of hydrogen-bond acceptors (Lipinski definition) is 3. The highest BCUT2D eigenvalue weighted by Gasteiger charge is 2.30. The largest absolute Gasteiger partial charge is 0.475 e. The van der Waals surface area contributed by atoms with Crippen LogP contribution in [0.25, 0.3) is 0 Å². The van der Waals surface area contributed by atoms with E-state index in [0.717, 1.165) is 0 Å². The molecule has 90 valence electrons. The highest BCUT2D eigenvalue weighted by atomic mass is 35.5. The Labute approximate surface area is 103 Å². The average Bonchev–Trinajstić information content (AvgIpc) is 2.30. The minimum Gasteiger partial charge on any atom is -0.475 e. The van der Waals surface area contributed by atoms with Gasteiger partial charge in [-0.05, 0) is 30.7 Å². The van der Waals surface area contributed by atoms with Crippen molar-refractivity contribution in [2.45, 2.75) is 13.3 Å². The number of ketones is 2. The molecular weight excluding hydrogens is 244 g/mol. The van der Waals surface area contributed by atoms with Crippen LogP contribution in [-0.4, -0.2) is 22.6 Å². The maximum atomic E-state index is 11.9. The predicted octanol–water partition coefficient (Wildman–Crippen LogP) is 2.20. The van der Waals surface area contributed by atoms with Crippen molar-refractivity contribution in [1.82, 2.24) is 0 Å². The Morgan fingerprint density at radius 1 is 1.24 bits per heavy atom. The molecule has 1 N–H and O–H groups in total. The number of hydrogen-bond donors (Lipinski definition) is 1. The van der Waals surface area contributed by atoms with Crippen LogP contribution in [0.3, 0.4) is 0 Å². The van der Waals surface area contributed by atoms with Gasteiger partial charge in [-0.15, -0.1) is 0 Å². The van der Waals surface area contributed by atoms with Gasteiger partial charge in [-0.1, -0.05) is 18.5 Å². The van der Waals surface area contributed by atoms with Gasteiger partial charge >= 0.3 is 5.97 Å². The standard InChI is InChI=1S/C12H11ClO4/c1-2-9(11(15)12(16)17)10(14)7-3-5-8(13)6-4-7/h3-6,9H,2H2,1H3,(H,16,17). The molecule has 0 radical (unpaired) electrons. The number of benzene rings is 1. The van der Waals surface area contributed by atoms with E-state index in [2.05, 4.69) is 0 Å². The summed E-state index contributed by atoms with van der Waals surface area (Å²) in [7, 11) is 0. The summed E-state index contributed by atoms with van der Waals surface area (Å²) < 4.78 is 0. The van der Waals surface area contributed by atoms with Crippen LogP contribution in [0.5, 0.6) is 0 Å². The fourth-order valence-electron chi connectivity index (χ4n) is 1.45. The normalized spacial score (nSPS) is 11.9. The molecule has 0 bridgehead atoms. The zero-order valence-corrected chi connectivity index (χ0v) is 9.90. The number of halogens is 1. The summed E-state index contributed by atoms with van der Waals surface area (Å²) in [5.74, 6) is -4.28. The van der Waals surface area contributed by atoms with Crippen molar-refractivity contribution < 1.29 is 19.5 Å². The smallest absolute Gasteiger partial charge is 0.372 e. The summed E-state index contributed by atoms with van der Waals surface area (Å²) in [4.78, 5) is 33.8. The molecule has 0 aromatic heterocycles. The van der Waals surface area contributed by atoms with Crippen molar-refractivity contribution in [2.24, 2.45) is 5.92 Å². The fraction of sp³-hybridized carbons (Fsp3) is 0.250. The van der Waals surface area contributed by atoms with Crippen LogP contribution in [0.15, 0.2) is 24.3 Å². The monoisotopic (exact) mass is 254 g/mol. The van der Waals surface area contributed by atoms with Gasteiger partial charge in [0.05, 0.1) is 5.92 Å². The van der Waals surface area contributed by atoms with Crippen molar-refractivity contribution in [1.29, 1.82) is 0 Å². The van der Waals surface area contributed by atoms with E-state index in [1.165, 1.54) is 24.3 Å².